The monoisotopic (exact) mass is 938 g/mol. The quantitative estimate of drug-likeness (QED) is 0.0492. The zero-order valence-electron chi connectivity index (χ0n) is 39.2. The molecule has 354 valence electrons. The molecular formula is C58H50O12. The minimum Gasteiger partial charge on any atom is -0.469 e. The molecule has 3 heterocycles. The second-order valence-electron chi connectivity index (χ2n) is 15.6. The molecule has 9 aromatic rings. The van der Waals surface area contributed by atoms with Crippen LogP contribution in [-0.4, -0.2) is 56.6 Å². The molecule has 0 N–H and O–H groups in total. The summed E-state index contributed by atoms with van der Waals surface area (Å²) in [5.41, 5.74) is 5.01. The predicted octanol–water partition coefficient (Wildman–Crippen LogP) is 12.3. The summed E-state index contributed by atoms with van der Waals surface area (Å²) in [6, 6.07) is 51.2. The number of hydrogen-bond acceptors (Lipinski definition) is 12. The van der Waals surface area contributed by atoms with Gasteiger partial charge in [-0.15, -0.1) is 0 Å². The van der Waals surface area contributed by atoms with E-state index in [0.717, 1.165) is 33.4 Å². The number of carbonyl (C=O) groups is 6. The maximum atomic E-state index is 12.9. The number of hydrogen-bond donors (Lipinski definition) is 0. The molecule has 2 atom stereocenters. The van der Waals surface area contributed by atoms with E-state index in [1.165, 1.54) is 21.3 Å². The largest absolute Gasteiger partial charge is 0.469 e. The molecule has 12 nitrogen and oxygen atoms in total. The third kappa shape index (κ3) is 12.2. The van der Waals surface area contributed by atoms with Gasteiger partial charge in [0.15, 0.2) is 17.3 Å². The Kier molecular flexibility index (Phi) is 17.5. The van der Waals surface area contributed by atoms with Crippen LogP contribution in [0.25, 0.3) is 32.9 Å². The van der Waals surface area contributed by atoms with Crippen molar-refractivity contribution >= 4 is 68.2 Å². The number of para-hydroxylation sites is 3. The number of ether oxygens (including phenoxy) is 3. The van der Waals surface area contributed by atoms with Crippen molar-refractivity contribution in [1.82, 2.24) is 0 Å². The Balaban J connectivity index is 0.000000164. The Hall–Kier alpha value is -8.90. The van der Waals surface area contributed by atoms with E-state index in [1.54, 1.807) is 67.6 Å². The summed E-state index contributed by atoms with van der Waals surface area (Å²) in [4.78, 5) is 71.3. The number of fused-ring (bicyclic) bond motifs is 3. The van der Waals surface area contributed by atoms with Crippen molar-refractivity contribution in [3.63, 3.8) is 0 Å². The minimum absolute atomic E-state index is 0.0817. The van der Waals surface area contributed by atoms with Gasteiger partial charge in [0.2, 0.25) is 17.3 Å². The Labute approximate surface area is 404 Å². The highest BCUT2D eigenvalue weighted by Crippen LogP contribution is 2.36. The van der Waals surface area contributed by atoms with Crippen molar-refractivity contribution in [3.05, 3.63) is 228 Å². The zero-order valence-corrected chi connectivity index (χ0v) is 39.2. The fraction of sp³-hybridized carbons (Fsp3) is 0.138. The van der Waals surface area contributed by atoms with Crippen molar-refractivity contribution in [3.8, 4) is 0 Å². The number of benzene rings is 6. The number of rotatable bonds is 12. The van der Waals surface area contributed by atoms with Crippen LogP contribution in [0.4, 0.5) is 0 Å². The van der Waals surface area contributed by atoms with Gasteiger partial charge in [0.25, 0.3) is 0 Å². The standard InChI is InChI=1S/C20H18O4.C19H16O4.C15H10O2.C4H6O2/c1-13(12-17(21)23-2)18-15-10-6-7-11-16(15)24-20(18)19(22)14-8-4-3-5-9-14;1-12(19(21)22-2)16-14-10-6-7-11-15(14)23-18(16)17(20)13-8-4-3-5-9-13;16-15(11-6-2-1-3-7-11)14-10-12-8-4-5-9-13(12)17-14;1-3-4(5)6-2/h3-11,13H,12H2,1-2H3;3-12H,1-2H3;1-10H;3H,1H2,2H3. The van der Waals surface area contributed by atoms with Gasteiger partial charge in [0.05, 0.1) is 33.7 Å². The lowest BCUT2D eigenvalue weighted by Crippen LogP contribution is -2.14. The van der Waals surface area contributed by atoms with E-state index >= 15 is 0 Å². The van der Waals surface area contributed by atoms with Gasteiger partial charge in [-0.25, -0.2) is 4.79 Å². The predicted molar refractivity (Wildman–Crippen MR) is 266 cm³/mol. The summed E-state index contributed by atoms with van der Waals surface area (Å²) in [5.74, 6) is -1.53. The maximum Gasteiger partial charge on any atom is 0.329 e. The molecule has 0 saturated heterocycles. The summed E-state index contributed by atoms with van der Waals surface area (Å²) in [6.07, 6.45) is 1.30. The van der Waals surface area contributed by atoms with E-state index in [2.05, 4.69) is 11.3 Å². The van der Waals surface area contributed by atoms with E-state index in [9.17, 15) is 28.8 Å². The van der Waals surface area contributed by atoms with Gasteiger partial charge in [-0.1, -0.05) is 159 Å². The zero-order chi connectivity index (χ0) is 50.2. The van der Waals surface area contributed by atoms with Crippen LogP contribution in [0.5, 0.6) is 0 Å². The molecule has 0 aliphatic rings. The van der Waals surface area contributed by atoms with Gasteiger partial charge in [0.1, 0.15) is 16.7 Å². The molecule has 0 aliphatic carbocycles. The average Bonchev–Trinajstić information content (AvgIpc) is 4.15. The second kappa shape index (κ2) is 24.2. The third-order valence-corrected chi connectivity index (χ3v) is 11.0. The van der Waals surface area contributed by atoms with Crippen LogP contribution in [-0.2, 0) is 28.6 Å². The summed E-state index contributed by atoms with van der Waals surface area (Å²) >= 11 is 0. The normalized spacial score (nSPS) is 11.3. The van der Waals surface area contributed by atoms with Crippen molar-refractivity contribution < 1.29 is 56.2 Å². The molecule has 0 bridgehead atoms. The number of furan rings is 3. The van der Waals surface area contributed by atoms with Crippen LogP contribution in [0.1, 0.15) is 91.6 Å². The van der Waals surface area contributed by atoms with Gasteiger partial charge >= 0.3 is 17.9 Å². The number of carbonyl (C=O) groups excluding carboxylic acids is 6. The van der Waals surface area contributed by atoms with E-state index in [1.807, 2.05) is 116 Å². The van der Waals surface area contributed by atoms with Gasteiger partial charge < -0.3 is 27.5 Å². The van der Waals surface area contributed by atoms with Crippen molar-refractivity contribution in [1.29, 1.82) is 0 Å². The van der Waals surface area contributed by atoms with E-state index in [-0.39, 0.29) is 41.4 Å². The Morgan fingerprint density at radius 2 is 0.929 bits per heavy atom. The van der Waals surface area contributed by atoms with Crippen molar-refractivity contribution in [2.45, 2.75) is 32.1 Å². The first-order valence-corrected chi connectivity index (χ1v) is 22.1. The highest BCUT2D eigenvalue weighted by atomic mass is 16.5. The number of methoxy groups -OCH3 is 3. The molecule has 0 amide bonds. The smallest absolute Gasteiger partial charge is 0.329 e. The topological polar surface area (TPSA) is 170 Å². The lowest BCUT2D eigenvalue weighted by molar-refractivity contribution is -0.142. The molecule has 9 rings (SSSR count). The first-order chi connectivity index (χ1) is 33.9. The molecule has 2 unspecified atom stereocenters. The fourth-order valence-electron chi connectivity index (χ4n) is 7.47. The highest BCUT2D eigenvalue weighted by Gasteiger charge is 2.30. The van der Waals surface area contributed by atoms with Gasteiger partial charge in [-0.05, 0) is 37.1 Å². The molecule has 0 saturated carbocycles. The van der Waals surface area contributed by atoms with Gasteiger partial charge in [-0.3, -0.25) is 24.0 Å². The van der Waals surface area contributed by atoms with Crippen LogP contribution in [0.15, 0.2) is 196 Å². The van der Waals surface area contributed by atoms with Crippen LogP contribution < -0.4 is 0 Å². The Morgan fingerprint density at radius 3 is 1.37 bits per heavy atom. The van der Waals surface area contributed by atoms with Gasteiger partial charge in [-0.2, -0.15) is 0 Å². The fourth-order valence-corrected chi connectivity index (χ4v) is 7.47. The SMILES string of the molecule is C=CC(=O)OC.COC(=O)C(C)c1c(C(=O)c2ccccc2)oc2ccccc12.COC(=O)CC(C)c1c(C(=O)c2ccccc2)oc2ccccc12.O=C(c1ccccc1)c1cc2ccccc2o1. The first kappa shape index (κ1) is 50.5. The van der Waals surface area contributed by atoms with Crippen LogP contribution in [0, 0.1) is 0 Å². The first-order valence-electron chi connectivity index (χ1n) is 22.1. The Bertz CT molecular complexity index is 3220. The number of ketones is 3. The lowest BCUT2D eigenvalue weighted by Gasteiger charge is -2.11. The van der Waals surface area contributed by atoms with E-state index in [0.29, 0.717) is 44.9 Å². The second-order valence-corrected chi connectivity index (χ2v) is 15.6. The van der Waals surface area contributed by atoms with Crippen molar-refractivity contribution in [2.75, 3.05) is 21.3 Å². The summed E-state index contributed by atoms with van der Waals surface area (Å²) in [5, 5.41) is 2.56. The molecule has 70 heavy (non-hydrogen) atoms. The molecule has 0 fully saturated rings. The van der Waals surface area contributed by atoms with Crippen LogP contribution in [0.3, 0.4) is 0 Å². The lowest BCUT2D eigenvalue weighted by atomic mass is 9.92. The molecule has 0 spiro atoms. The highest BCUT2D eigenvalue weighted by molar-refractivity contribution is 6.12. The summed E-state index contributed by atoms with van der Waals surface area (Å²) in [6.45, 7) is 6.77. The van der Waals surface area contributed by atoms with Crippen molar-refractivity contribution in [2.24, 2.45) is 0 Å². The Morgan fingerprint density at radius 1 is 0.500 bits per heavy atom. The van der Waals surface area contributed by atoms with Crippen LogP contribution >= 0.6 is 0 Å². The van der Waals surface area contributed by atoms with Gasteiger partial charge in [0, 0.05) is 50.1 Å². The molecule has 3 aromatic heterocycles. The molecule has 12 heteroatoms. The summed E-state index contributed by atoms with van der Waals surface area (Å²) < 4.78 is 30.9. The molecule has 6 aromatic carbocycles. The molecule has 0 radical (unpaired) electrons. The average molecular weight is 939 g/mol. The van der Waals surface area contributed by atoms with Crippen LogP contribution in [0.2, 0.25) is 0 Å². The van der Waals surface area contributed by atoms with E-state index < -0.39 is 17.9 Å². The maximum absolute atomic E-state index is 12.9. The third-order valence-electron chi connectivity index (χ3n) is 11.0. The summed E-state index contributed by atoms with van der Waals surface area (Å²) in [7, 11) is 4.00. The minimum atomic E-state index is -0.591. The number of esters is 3. The molecular weight excluding hydrogens is 889 g/mol. The molecule has 0 aliphatic heterocycles. The van der Waals surface area contributed by atoms with E-state index in [4.69, 9.17) is 22.7 Å².